The number of thiophene rings is 1. The molecule has 0 spiro atoms. The molecule has 0 aromatic carbocycles. The highest BCUT2D eigenvalue weighted by Gasteiger charge is 2.11. The van der Waals surface area contributed by atoms with Crippen molar-refractivity contribution in [3.05, 3.63) is 21.8 Å². The predicted molar refractivity (Wildman–Crippen MR) is 87.5 cm³/mol. The highest BCUT2D eigenvalue weighted by atomic mass is 32.2. The number of thioether (sulfide) groups is 1. The van der Waals surface area contributed by atoms with E-state index in [-0.39, 0.29) is 5.56 Å². The van der Waals surface area contributed by atoms with E-state index < -0.39 is 0 Å². The minimum Gasteiger partial charge on any atom is -0.379 e. The molecule has 1 fully saturated rings. The van der Waals surface area contributed by atoms with Gasteiger partial charge in [-0.25, -0.2) is 4.98 Å². The normalized spacial score (nSPS) is 16.6. The van der Waals surface area contributed by atoms with E-state index in [4.69, 9.17) is 4.74 Å². The summed E-state index contributed by atoms with van der Waals surface area (Å²) in [4.78, 5) is 19.2. The first-order valence-electron chi connectivity index (χ1n) is 7.13. The van der Waals surface area contributed by atoms with Crippen LogP contribution in [-0.4, -0.2) is 53.1 Å². The molecule has 3 rings (SSSR count). The molecule has 0 unspecified atom stereocenters. The SMILES string of the molecule is Cn1c(SCCCN2CCOCC2)nc2ccsc2c1=O. The number of nitrogens with zero attached hydrogens (tertiary/aromatic N) is 3. The summed E-state index contributed by atoms with van der Waals surface area (Å²) in [5, 5.41) is 2.74. The average Bonchev–Trinajstić information content (AvgIpc) is 2.98. The predicted octanol–water partition coefficient (Wildman–Crippen LogP) is 1.81. The van der Waals surface area contributed by atoms with Gasteiger partial charge in [-0.3, -0.25) is 14.3 Å². The van der Waals surface area contributed by atoms with Gasteiger partial charge in [0.2, 0.25) is 0 Å². The standard InChI is InChI=1S/C14H19N3O2S2/c1-16-13(18)12-11(3-10-20-12)15-14(16)21-9-2-4-17-5-7-19-8-6-17/h3,10H,2,4-9H2,1H3. The lowest BCUT2D eigenvalue weighted by atomic mass is 10.4. The summed E-state index contributed by atoms with van der Waals surface area (Å²) >= 11 is 3.13. The van der Waals surface area contributed by atoms with Crippen molar-refractivity contribution in [2.45, 2.75) is 11.6 Å². The zero-order chi connectivity index (χ0) is 14.7. The molecule has 2 aromatic heterocycles. The Bertz CT molecular complexity index is 662. The molecule has 0 saturated carbocycles. The van der Waals surface area contributed by atoms with Crippen LogP contribution < -0.4 is 5.56 Å². The molecule has 0 amide bonds. The highest BCUT2D eigenvalue weighted by Crippen LogP contribution is 2.20. The van der Waals surface area contributed by atoms with Crippen molar-refractivity contribution >= 4 is 33.3 Å². The summed E-state index contributed by atoms with van der Waals surface area (Å²) in [6, 6.07) is 1.92. The van der Waals surface area contributed by atoms with Crippen LogP contribution in [0.25, 0.3) is 10.2 Å². The van der Waals surface area contributed by atoms with Crippen LogP contribution in [0.5, 0.6) is 0 Å². The fraction of sp³-hybridized carbons (Fsp3) is 0.571. The van der Waals surface area contributed by atoms with E-state index in [1.807, 2.05) is 11.4 Å². The largest absolute Gasteiger partial charge is 0.379 e. The smallest absolute Gasteiger partial charge is 0.271 e. The van der Waals surface area contributed by atoms with Crippen LogP contribution >= 0.6 is 23.1 Å². The quantitative estimate of drug-likeness (QED) is 0.477. The molecule has 0 bridgehead atoms. The molecule has 3 heterocycles. The maximum atomic E-state index is 12.2. The molecule has 1 aliphatic rings. The lowest BCUT2D eigenvalue weighted by Gasteiger charge is -2.26. The Balaban J connectivity index is 1.57. The minimum atomic E-state index is 0.0608. The number of rotatable bonds is 5. The number of morpholine rings is 1. The Morgan fingerprint density at radius 1 is 1.43 bits per heavy atom. The lowest BCUT2D eigenvalue weighted by molar-refractivity contribution is 0.0381. The Morgan fingerprint density at radius 3 is 3.05 bits per heavy atom. The summed E-state index contributed by atoms with van der Waals surface area (Å²) in [6.45, 7) is 4.84. The first kappa shape index (κ1) is 15.0. The first-order chi connectivity index (χ1) is 10.3. The summed E-state index contributed by atoms with van der Waals surface area (Å²) in [7, 11) is 1.80. The zero-order valence-corrected chi connectivity index (χ0v) is 13.7. The molecule has 0 radical (unpaired) electrons. The molecule has 114 valence electrons. The molecule has 1 aliphatic heterocycles. The molecular weight excluding hydrogens is 306 g/mol. The van der Waals surface area contributed by atoms with Crippen LogP contribution in [0, 0.1) is 0 Å². The Morgan fingerprint density at radius 2 is 2.24 bits per heavy atom. The van der Waals surface area contributed by atoms with Crippen molar-refractivity contribution in [2.24, 2.45) is 7.05 Å². The van der Waals surface area contributed by atoms with E-state index in [0.29, 0.717) is 0 Å². The van der Waals surface area contributed by atoms with Crippen molar-refractivity contribution in [1.82, 2.24) is 14.5 Å². The molecule has 0 atom stereocenters. The van der Waals surface area contributed by atoms with Gasteiger partial charge in [-0.15, -0.1) is 11.3 Å². The number of hydrogen-bond acceptors (Lipinski definition) is 6. The monoisotopic (exact) mass is 325 g/mol. The van der Waals surface area contributed by atoms with Gasteiger partial charge in [0.25, 0.3) is 5.56 Å². The van der Waals surface area contributed by atoms with E-state index in [9.17, 15) is 4.79 Å². The van der Waals surface area contributed by atoms with Crippen molar-refractivity contribution in [3.8, 4) is 0 Å². The number of aromatic nitrogens is 2. The van der Waals surface area contributed by atoms with Crippen LogP contribution in [0.4, 0.5) is 0 Å². The molecule has 0 N–H and O–H groups in total. The van der Waals surface area contributed by atoms with Crippen molar-refractivity contribution in [1.29, 1.82) is 0 Å². The maximum Gasteiger partial charge on any atom is 0.271 e. The third-order valence-electron chi connectivity index (χ3n) is 3.60. The first-order valence-corrected chi connectivity index (χ1v) is 8.99. The van der Waals surface area contributed by atoms with Gasteiger partial charge < -0.3 is 4.74 Å². The van der Waals surface area contributed by atoms with Gasteiger partial charge in [-0.1, -0.05) is 11.8 Å². The molecule has 2 aromatic rings. The van der Waals surface area contributed by atoms with Crippen molar-refractivity contribution < 1.29 is 4.74 Å². The Hall–Kier alpha value is -0.890. The summed E-state index contributed by atoms with van der Waals surface area (Å²) in [5.74, 6) is 0.979. The summed E-state index contributed by atoms with van der Waals surface area (Å²) < 4.78 is 7.75. The van der Waals surface area contributed by atoms with E-state index in [0.717, 1.165) is 60.4 Å². The molecule has 21 heavy (non-hydrogen) atoms. The van der Waals surface area contributed by atoms with Gasteiger partial charge in [0.1, 0.15) is 4.70 Å². The number of fused-ring (bicyclic) bond motifs is 1. The van der Waals surface area contributed by atoms with Crippen LogP contribution in [-0.2, 0) is 11.8 Å². The second kappa shape index (κ2) is 6.91. The lowest BCUT2D eigenvalue weighted by Crippen LogP contribution is -2.37. The Kier molecular flexibility index (Phi) is 4.95. The maximum absolute atomic E-state index is 12.2. The second-order valence-corrected chi connectivity index (χ2v) is 7.03. The van der Waals surface area contributed by atoms with Crippen LogP contribution in [0.15, 0.2) is 21.4 Å². The molecular formula is C14H19N3O2S2. The van der Waals surface area contributed by atoms with Crippen LogP contribution in [0.2, 0.25) is 0 Å². The van der Waals surface area contributed by atoms with E-state index in [1.165, 1.54) is 11.3 Å². The minimum absolute atomic E-state index is 0.0608. The topological polar surface area (TPSA) is 47.4 Å². The second-order valence-electron chi connectivity index (χ2n) is 5.05. The van der Waals surface area contributed by atoms with Crippen molar-refractivity contribution in [3.63, 3.8) is 0 Å². The van der Waals surface area contributed by atoms with Gasteiger partial charge in [-0.05, 0) is 24.4 Å². The third-order valence-corrected chi connectivity index (χ3v) is 5.61. The zero-order valence-electron chi connectivity index (χ0n) is 12.1. The van der Waals surface area contributed by atoms with Gasteiger partial charge in [0, 0.05) is 25.9 Å². The number of ether oxygens (including phenoxy) is 1. The summed E-state index contributed by atoms with van der Waals surface area (Å²) in [5.41, 5.74) is 0.879. The average molecular weight is 325 g/mol. The fourth-order valence-corrected chi connectivity index (χ4v) is 4.07. The molecule has 1 saturated heterocycles. The Labute approximate surface area is 131 Å². The molecule has 0 aliphatic carbocycles. The van der Waals surface area contributed by atoms with Gasteiger partial charge in [-0.2, -0.15) is 0 Å². The third kappa shape index (κ3) is 3.48. The molecule has 7 heteroatoms. The van der Waals surface area contributed by atoms with E-state index in [2.05, 4.69) is 9.88 Å². The van der Waals surface area contributed by atoms with E-state index in [1.54, 1.807) is 23.4 Å². The van der Waals surface area contributed by atoms with Crippen LogP contribution in [0.1, 0.15) is 6.42 Å². The van der Waals surface area contributed by atoms with Gasteiger partial charge in [0.15, 0.2) is 5.16 Å². The molecule has 5 nitrogen and oxygen atoms in total. The van der Waals surface area contributed by atoms with E-state index >= 15 is 0 Å². The van der Waals surface area contributed by atoms with Gasteiger partial charge in [0.05, 0.1) is 18.7 Å². The fourth-order valence-electron chi connectivity index (χ4n) is 2.37. The van der Waals surface area contributed by atoms with Crippen LogP contribution in [0.3, 0.4) is 0 Å². The summed E-state index contributed by atoms with van der Waals surface area (Å²) in [6.07, 6.45) is 1.10. The highest BCUT2D eigenvalue weighted by molar-refractivity contribution is 7.99. The van der Waals surface area contributed by atoms with Gasteiger partial charge >= 0.3 is 0 Å². The van der Waals surface area contributed by atoms with Crippen molar-refractivity contribution in [2.75, 3.05) is 38.6 Å². The number of hydrogen-bond donors (Lipinski definition) is 0.